The predicted molar refractivity (Wildman–Crippen MR) is 132 cm³/mol. The van der Waals surface area contributed by atoms with Gasteiger partial charge in [0.1, 0.15) is 11.2 Å². The van der Waals surface area contributed by atoms with Crippen LogP contribution in [0, 0.1) is 23.0 Å². The number of anilines is 1. The number of fused-ring (bicyclic) bond motifs is 4. The number of hydrogen-bond donors (Lipinski definition) is 1. The molecule has 6 rings (SSSR count). The van der Waals surface area contributed by atoms with Crippen LogP contribution in [-0.4, -0.2) is 44.2 Å². The van der Waals surface area contributed by atoms with Gasteiger partial charge in [0.05, 0.1) is 10.8 Å². The molecule has 2 aromatic carbocycles. The summed E-state index contributed by atoms with van der Waals surface area (Å²) in [4.78, 5) is 45.9. The van der Waals surface area contributed by atoms with E-state index in [-0.39, 0.29) is 29.1 Å². The van der Waals surface area contributed by atoms with Gasteiger partial charge in [-0.25, -0.2) is 0 Å². The summed E-state index contributed by atoms with van der Waals surface area (Å²) in [5.41, 5.74) is 2.21. The Labute approximate surface area is 205 Å². The van der Waals surface area contributed by atoms with Gasteiger partial charge in [0.2, 0.25) is 5.91 Å². The molecule has 35 heavy (non-hydrogen) atoms. The Morgan fingerprint density at radius 1 is 1.20 bits per heavy atom. The van der Waals surface area contributed by atoms with Gasteiger partial charge in [0, 0.05) is 53.2 Å². The van der Waals surface area contributed by atoms with Crippen LogP contribution >= 0.6 is 11.8 Å². The smallest absolute Gasteiger partial charge is 0.269 e. The number of non-ortho nitro benzene ring substituents is 1. The molecule has 2 saturated heterocycles. The monoisotopic (exact) mass is 486 g/mol. The van der Waals surface area contributed by atoms with Crippen LogP contribution in [0.5, 0.6) is 0 Å². The molecule has 4 atom stereocenters. The number of nitro groups is 1. The van der Waals surface area contributed by atoms with Gasteiger partial charge in [0.15, 0.2) is 5.78 Å². The minimum Gasteiger partial charge on any atom is -0.324 e. The maximum Gasteiger partial charge on any atom is 0.269 e. The summed E-state index contributed by atoms with van der Waals surface area (Å²) in [6.07, 6.45) is 1.57. The standard InChI is InChI=1S/C26H22N4O4S/c1-15-8-9-19-18(11-15)26(25(32)28-19)23(24(31)20-7-2-3-10-27-20)22(21-13-35-14-29(21)26)16-5-4-6-17(12-16)30(33)34/h2-12,21-23H,13-14H2,1H3,(H,28,32). The van der Waals surface area contributed by atoms with Crippen LogP contribution in [0.4, 0.5) is 11.4 Å². The first kappa shape index (κ1) is 21.9. The Kier molecular flexibility index (Phi) is 5.01. The second kappa shape index (κ2) is 8.00. The molecule has 9 heteroatoms. The molecule has 176 valence electrons. The van der Waals surface area contributed by atoms with Crippen molar-refractivity contribution >= 4 is 34.8 Å². The van der Waals surface area contributed by atoms with E-state index in [1.165, 1.54) is 6.07 Å². The lowest BCUT2D eigenvalue weighted by Gasteiger charge is -2.36. The van der Waals surface area contributed by atoms with Crippen LogP contribution in [0.3, 0.4) is 0 Å². The minimum absolute atomic E-state index is 0.0307. The Morgan fingerprint density at radius 2 is 2.06 bits per heavy atom. The van der Waals surface area contributed by atoms with E-state index in [0.29, 0.717) is 17.1 Å². The van der Waals surface area contributed by atoms with Crippen LogP contribution < -0.4 is 5.32 Å². The second-order valence-electron chi connectivity index (χ2n) is 9.24. The Hall–Kier alpha value is -3.56. The highest BCUT2D eigenvalue weighted by molar-refractivity contribution is 7.99. The highest BCUT2D eigenvalue weighted by Gasteiger charge is 2.69. The van der Waals surface area contributed by atoms with Crippen molar-refractivity contribution in [2.75, 3.05) is 16.9 Å². The number of thioether (sulfide) groups is 1. The van der Waals surface area contributed by atoms with Gasteiger partial charge in [-0.3, -0.25) is 29.6 Å². The normalized spacial score (nSPS) is 27.0. The lowest BCUT2D eigenvalue weighted by atomic mass is 9.70. The molecule has 3 aliphatic heterocycles. The first-order valence-corrected chi connectivity index (χ1v) is 12.5. The number of carbonyl (C=O) groups is 2. The lowest BCUT2D eigenvalue weighted by Crippen LogP contribution is -2.52. The molecule has 4 unspecified atom stereocenters. The zero-order valence-corrected chi connectivity index (χ0v) is 19.7. The summed E-state index contributed by atoms with van der Waals surface area (Å²) in [5.74, 6) is -0.373. The van der Waals surface area contributed by atoms with E-state index in [4.69, 9.17) is 0 Å². The molecule has 3 aliphatic rings. The molecule has 1 spiro atoms. The fourth-order valence-corrected chi connectivity index (χ4v) is 7.40. The summed E-state index contributed by atoms with van der Waals surface area (Å²) < 4.78 is 0. The molecule has 1 aromatic heterocycles. The van der Waals surface area contributed by atoms with Crippen molar-refractivity contribution in [1.82, 2.24) is 9.88 Å². The van der Waals surface area contributed by atoms with Crippen molar-refractivity contribution < 1.29 is 14.5 Å². The zero-order valence-electron chi connectivity index (χ0n) is 18.9. The predicted octanol–water partition coefficient (Wildman–Crippen LogP) is 4.12. The molecule has 1 amide bonds. The molecule has 0 bridgehead atoms. The van der Waals surface area contributed by atoms with Crippen LogP contribution in [0.15, 0.2) is 66.9 Å². The Morgan fingerprint density at radius 3 is 2.83 bits per heavy atom. The number of nitrogens with zero attached hydrogens (tertiary/aromatic N) is 3. The van der Waals surface area contributed by atoms with Crippen molar-refractivity contribution in [3.05, 3.63) is 99.4 Å². The number of benzene rings is 2. The van der Waals surface area contributed by atoms with E-state index in [9.17, 15) is 19.7 Å². The first-order valence-electron chi connectivity index (χ1n) is 11.4. The van der Waals surface area contributed by atoms with Crippen molar-refractivity contribution in [3.8, 4) is 0 Å². The molecule has 1 N–H and O–H groups in total. The first-order chi connectivity index (χ1) is 16.9. The van der Waals surface area contributed by atoms with Gasteiger partial charge in [-0.1, -0.05) is 35.9 Å². The maximum absolute atomic E-state index is 14.3. The third-order valence-corrected chi connectivity index (χ3v) is 8.48. The van der Waals surface area contributed by atoms with Gasteiger partial charge in [0.25, 0.3) is 5.69 Å². The maximum atomic E-state index is 14.3. The molecule has 3 aromatic rings. The summed E-state index contributed by atoms with van der Waals surface area (Å²) in [7, 11) is 0. The fraction of sp³-hybridized carbons (Fsp3) is 0.269. The van der Waals surface area contributed by atoms with E-state index in [1.54, 1.807) is 48.3 Å². The number of ketones is 1. The number of nitro benzene ring substituents is 1. The van der Waals surface area contributed by atoms with Crippen molar-refractivity contribution in [2.45, 2.75) is 24.4 Å². The Bertz CT molecular complexity index is 1380. The van der Waals surface area contributed by atoms with Gasteiger partial charge in [-0.05, 0) is 30.7 Å². The molecule has 0 aliphatic carbocycles. The van der Waals surface area contributed by atoms with Crippen LogP contribution in [0.1, 0.15) is 33.1 Å². The molecule has 8 nitrogen and oxygen atoms in total. The van der Waals surface area contributed by atoms with Crippen LogP contribution in [0.25, 0.3) is 0 Å². The highest BCUT2D eigenvalue weighted by Crippen LogP contribution is 2.61. The van der Waals surface area contributed by atoms with Crippen LogP contribution in [0.2, 0.25) is 0 Å². The molecular weight excluding hydrogens is 464 g/mol. The number of carbonyl (C=O) groups excluding carboxylic acids is 2. The lowest BCUT2D eigenvalue weighted by molar-refractivity contribution is -0.384. The molecule has 2 fully saturated rings. The number of hydrogen-bond acceptors (Lipinski definition) is 7. The number of Topliss-reactive ketones (excluding diaryl/α,β-unsaturated/α-hetero) is 1. The summed E-state index contributed by atoms with van der Waals surface area (Å²) in [5, 5.41) is 14.6. The topological polar surface area (TPSA) is 105 Å². The van der Waals surface area contributed by atoms with Crippen molar-refractivity contribution in [2.24, 2.45) is 5.92 Å². The third kappa shape index (κ3) is 3.08. The van der Waals surface area contributed by atoms with E-state index >= 15 is 0 Å². The van der Waals surface area contributed by atoms with Crippen molar-refractivity contribution in [3.63, 3.8) is 0 Å². The summed E-state index contributed by atoms with van der Waals surface area (Å²) in [6.45, 7) is 1.97. The van der Waals surface area contributed by atoms with Crippen molar-refractivity contribution in [1.29, 1.82) is 0 Å². The summed E-state index contributed by atoms with van der Waals surface area (Å²) >= 11 is 1.71. The Balaban J connectivity index is 1.63. The van der Waals surface area contributed by atoms with E-state index < -0.39 is 22.3 Å². The van der Waals surface area contributed by atoms with Gasteiger partial charge in [-0.2, -0.15) is 0 Å². The SMILES string of the molecule is Cc1ccc2c(c1)C1(C(=O)N2)C(C(=O)c2ccccn2)C(c2cccc([N+](=O)[O-])c2)C2CSCN21. The molecular formula is C26H22N4O4S. The third-order valence-electron chi connectivity index (χ3n) is 7.44. The van der Waals surface area contributed by atoms with E-state index in [1.807, 2.05) is 31.2 Å². The average Bonchev–Trinajstić information content (AvgIpc) is 3.52. The number of nitrogens with one attached hydrogen (secondary N) is 1. The highest BCUT2D eigenvalue weighted by atomic mass is 32.2. The van der Waals surface area contributed by atoms with E-state index in [2.05, 4.69) is 15.2 Å². The second-order valence-corrected chi connectivity index (χ2v) is 10.2. The largest absolute Gasteiger partial charge is 0.324 e. The average molecular weight is 487 g/mol. The molecule has 0 radical (unpaired) electrons. The van der Waals surface area contributed by atoms with Gasteiger partial charge < -0.3 is 5.32 Å². The van der Waals surface area contributed by atoms with Crippen LogP contribution in [-0.2, 0) is 10.3 Å². The quantitative estimate of drug-likeness (QED) is 0.336. The minimum atomic E-state index is -1.22. The number of aryl methyl sites for hydroxylation is 1. The number of aromatic nitrogens is 1. The fourth-order valence-electron chi connectivity index (χ4n) is 6.08. The molecule has 0 saturated carbocycles. The van der Waals surface area contributed by atoms with Gasteiger partial charge in [-0.15, -0.1) is 11.8 Å². The van der Waals surface area contributed by atoms with E-state index in [0.717, 1.165) is 16.9 Å². The number of rotatable bonds is 4. The number of pyridine rings is 1. The zero-order chi connectivity index (χ0) is 24.3. The van der Waals surface area contributed by atoms with Gasteiger partial charge >= 0.3 is 0 Å². The number of amides is 1. The molecule has 4 heterocycles. The summed E-state index contributed by atoms with van der Waals surface area (Å²) in [6, 6.07) is 17.3.